The molecule has 0 radical (unpaired) electrons. The van der Waals surface area contributed by atoms with Crippen molar-refractivity contribution in [3.05, 3.63) is 58.1 Å². The van der Waals surface area contributed by atoms with Crippen LogP contribution in [0, 0.1) is 0 Å². The third-order valence-electron chi connectivity index (χ3n) is 3.53. The van der Waals surface area contributed by atoms with E-state index in [0.717, 1.165) is 0 Å². The van der Waals surface area contributed by atoms with E-state index in [2.05, 4.69) is 16.2 Å². The van der Waals surface area contributed by atoms with E-state index < -0.39 is 17.7 Å². The predicted octanol–water partition coefficient (Wildman–Crippen LogP) is 3.57. The van der Waals surface area contributed by atoms with Gasteiger partial charge in [0.25, 0.3) is 5.91 Å². The molecule has 2 rings (SSSR count). The van der Waals surface area contributed by atoms with Gasteiger partial charge in [-0.1, -0.05) is 35.3 Å². The minimum atomic E-state index is -0.519. The summed E-state index contributed by atoms with van der Waals surface area (Å²) in [6, 6.07) is 11.3. The lowest BCUT2D eigenvalue weighted by Gasteiger charge is -2.11. The third kappa shape index (κ3) is 6.44. The largest absolute Gasteiger partial charge is 0.493 e. The van der Waals surface area contributed by atoms with E-state index in [9.17, 15) is 14.4 Å². The molecule has 3 N–H and O–H groups in total. The van der Waals surface area contributed by atoms with E-state index in [1.54, 1.807) is 43.3 Å². The molecule has 0 bridgehead atoms. The zero-order chi connectivity index (χ0) is 20.5. The molecule has 2 aromatic rings. The highest BCUT2D eigenvalue weighted by Gasteiger charge is 2.14. The van der Waals surface area contributed by atoms with E-state index in [0.29, 0.717) is 33.7 Å². The number of halogens is 2. The van der Waals surface area contributed by atoms with E-state index in [1.807, 2.05) is 0 Å². The minimum absolute atomic E-state index is 0.0871. The van der Waals surface area contributed by atoms with Crippen LogP contribution in [0.15, 0.2) is 42.5 Å². The Morgan fingerprint density at radius 1 is 0.964 bits per heavy atom. The number of anilines is 1. The Hall–Kier alpha value is -2.77. The van der Waals surface area contributed by atoms with Gasteiger partial charge in [0.05, 0.1) is 22.9 Å². The Morgan fingerprint density at radius 3 is 2.39 bits per heavy atom. The van der Waals surface area contributed by atoms with Gasteiger partial charge >= 0.3 is 0 Å². The monoisotopic (exact) mass is 423 g/mol. The topological polar surface area (TPSA) is 96.5 Å². The van der Waals surface area contributed by atoms with Crippen molar-refractivity contribution in [1.82, 2.24) is 10.9 Å². The number of hydrazine groups is 1. The van der Waals surface area contributed by atoms with Gasteiger partial charge in [-0.2, -0.15) is 0 Å². The fourth-order valence-corrected chi connectivity index (χ4v) is 2.68. The van der Waals surface area contributed by atoms with Gasteiger partial charge in [-0.05, 0) is 37.3 Å². The Balaban J connectivity index is 1.79. The van der Waals surface area contributed by atoms with Crippen LogP contribution in [0.1, 0.15) is 30.1 Å². The summed E-state index contributed by atoms with van der Waals surface area (Å²) >= 11 is 11.8. The maximum atomic E-state index is 12.2. The highest BCUT2D eigenvalue weighted by molar-refractivity contribution is 6.36. The smallest absolute Gasteiger partial charge is 0.273 e. The van der Waals surface area contributed by atoms with Crippen LogP contribution in [0.3, 0.4) is 0 Å². The van der Waals surface area contributed by atoms with Crippen LogP contribution in [-0.4, -0.2) is 24.3 Å². The number of hydrogen-bond acceptors (Lipinski definition) is 4. The summed E-state index contributed by atoms with van der Waals surface area (Å²) in [7, 11) is 0. The first-order valence-corrected chi connectivity index (χ1v) is 9.22. The number of amides is 3. The van der Waals surface area contributed by atoms with Crippen LogP contribution in [0.2, 0.25) is 10.0 Å². The van der Waals surface area contributed by atoms with Crippen molar-refractivity contribution in [2.24, 2.45) is 0 Å². The molecule has 0 spiro atoms. The van der Waals surface area contributed by atoms with Crippen LogP contribution >= 0.6 is 23.2 Å². The SMILES string of the molecule is CCOc1ccccc1C(=O)NNC(=O)CCC(=O)Nc1ccc(Cl)cc1Cl. The average Bonchev–Trinajstić information content (AvgIpc) is 2.67. The molecular formula is C19H19Cl2N3O4. The molecule has 0 saturated carbocycles. The summed E-state index contributed by atoms with van der Waals surface area (Å²) in [6.07, 6.45) is -0.208. The lowest BCUT2D eigenvalue weighted by molar-refractivity contribution is -0.124. The number of carbonyl (C=O) groups is 3. The van der Waals surface area contributed by atoms with E-state index in [-0.39, 0.29) is 12.8 Å². The van der Waals surface area contributed by atoms with Gasteiger partial charge in [-0.15, -0.1) is 0 Å². The molecule has 28 heavy (non-hydrogen) atoms. The fourth-order valence-electron chi connectivity index (χ4n) is 2.22. The zero-order valence-electron chi connectivity index (χ0n) is 15.1. The molecule has 0 heterocycles. The lowest BCUT2D eigenvalue weighted by Crippen LogP contribution is -2.42. The highest BCUT2D eigenvalue weighted by Crippen LogP contribution is 2.25. The number of rotatable bonds is 7. The van der Waals surface area contributed by atoms with Crippen molar-refractivity contribution in [2.75, 3.05) is 11.9 Å². The Bertz CT molecular complexity index is 874. The first-order chi connectivity index (χ1) is 13.4. The van der Waals surface area contributed by atoms with Crippen molar-refractivity contribution in [3.63, 3.8) is 0 Å². The second-order valence-electron chi connectivity index (χ2n) is 5.60. The molecule has 3 amide bonds. The van der Waals surface area contributed by atoms with Gasteiger partial charge in [-0.25, -0.2) is 0 Å². The van der Waals surface area contributed by atoms with Crippen molar-refractivity contribution >= 4 is 46.6 Å². The van der Waals surface area contributed by atoms with Crippen LogP contribution in [0.25, 0.3) is 0 Å². The summed E-state index contributed by atoms with van der Waals surface area (Å²) in [5.41, 5.74) is 5.26. The number of benzene rings is 2. The number of para-hydroxylation sites is 1. The summed E-state index contributed by atoms with van der Waals surface area (Å²) in [5.74, 6) is -1.02. The fraction of sp³-hybridized carbons (Fsp3) is 0.211. The molecule has 0 aliphatic rings. The molecule has 0 atom stereocenters. The van der Waals surface area contributed by atoms with Gasteiger partial charge in [-0.3, -0.25) is 25.2 Å². The molecular weight excluding hydrogens is 405 g/mol. The Labute approximate surface area is 172 Å². The minimum Gasteiger partial charge on any atom is -0.493 e. The molecule has 0 aromatic heterocycles. The number of nitrogens with one attached hydrogen (secondary N) is 3. The number of carbonyl (C=O) groups excluding carboxylic acids is 3. The van der Waals surface area contributed by atoms with Crippen molar-refractivity contribution in [2.45, 2.75) is 19.8 Å². The Morgan fingerprint density at radius 2 is 1.68 bits per heavy atom. The molecule has 0 aliphatic carbocycles. The van der Waals surface area contributed by atoms with E-state index >= 15 is 0 Å². The molecule has 2 aromatic carbocycles. The van der Waals surface area contributed by atoms with Gasteiger partial charge in [0, 0.05) is 17.9 Å². The molecule has 0 aliphatic heterocycles. The summed E-state index contributed by atoms with van der Waals surface area (Å²) in [4.78, 5) is 36.0. The Kier molecular flexibility index (Phi) is 8.10. The molecule has 7 nitrogen and oxygen atoms in total. The van der Waals surface area contributed by atoms with Gasteiger partial charge < -0.3 is 10.1 Å². The van der Waals surface area contributed by atoms with Crippen LogP contribution in [0.5, 0.6) is 5.75 Å². The third-order valence-corrected chi connectivity index (χ3v) is 4.08. The van der Waals surface area contributed by atoms with Gasteiger partial charge in [0.15, 0.2) is 0 Å². The lowest BCUT2D eigenvalue weighted by atomic mass is 10.2. The highest BCUT2D eigenvalue weighted by atomic mass is 35.5. The number of hydrogen-bond donors (Lipinski definition) is 3. The first-order valence-electron chi connectivity index (χ1n) is 8.46. The first kappa shape index (κ1) is 21.5. The quantitative estimate of drug-likeness (QED) is 0.592. The average molecular weight is 424 g/mol. The summed E-state index contributed by atoms with van der Waals surface area (Å²) < 4.78 is 5.37. The van der Waals surface area contributed by atoms with Crippen molar-refractivity contribution in [1.29, 1.82) is 0 Å². The normalized spacial score (nSPS) is 10.1. The summed E-state index contributed by atoms with van der Waals surface area (Å²) in [5, 5.41) is 3.34. The molecule has 0 unspecified atom stereocenters. The second-order valence-corrected chi connectivity index (χ2v) is 6.45. The zero-order valence-corrected chi connectivity index (χ0v) is 16.6. The number of ether oxygens (including phenoxy) is 1. The predicted molar refractivity (Wildman–Crippen MR) is 108 cm³/mol. The molecule has 0 saturated heterocycles. The van der Waals surface area contributed by atoms with Gasteiger partial charge in [0.2, 0.25) is 11.8 Å². The standard InChI is InChI=1S/C19H19Cl2N3O4/c1-2-28-16-6-4-3-5-13(16)19(27)24-23-18(26)10-9-17(25)22-15-8-7-12(20)11-14(15)21/h3-8,11H,2,9-10H2,1H3,(H,22,25)(H,23,26)(H,24,27). The summed E-state index contributed by atoms with van der Waals surface area (Å²) in [6.45, 7) is 2.21. The second kappa shape index (κ2) is 10.5. The molecule has 9 heteroatoms. The maximum Gasteiger partial charge on any atom is 0.273 e. The molecule has 148 valence electrons. The van der Waals surface area contributed by atoms with Gasteiger partial charge in [0.1, 0.15) is 5.75 Å². The maximum absolute atomic E-state index is 12.2. The van der Waals surface area contributed by atoms with Crippen molar-refractivity contribution in [3.8, 4) is 5.75 Å². The van der Waals surface area contributed by atoms with E-state index in [1.165, 1.54) is 6.07 Å². The van der Waals surface area contributed by atoms with E-state index in [4.69, 9.17) is 27.9 Å². The van der Waals surface area contributed by atoms with Crippen LogP contribution in [0.4, 0.5) is 5.69 Å². The van der Waals surface area contributed by atoms with Crippen molar-refractivity contribution < 1.29 is 19.1 Å². The van der Waals surface area contributed by atoms with Crippen LogP contribution in [-0.2, 0) is 9.59 Å². The van der Waals surface area contributed by atoms with Crippen LogP contribution < -0.4 is 20.9 Å². The molecule has 0 fully saturated rings.